The summed E-state index contributed by atoms with van der Waals surface area (Å²) in [6.07, 6.45) is 5.63. The monoisotopic (exact) mass is 324 g/mol. The summed E-state index contributed by atoms with van der Waals surface area (Å²) in [5.41, 5.74) is 1.76. The van der Waals surface area contributed by atoms with Gasteiger partial charge in [-0.15, -0.1) is 0 Å². The Morgan fingerprint density at radius 1 is 1.12 bits per heavy atom. The molecule has 0 saturated heterocycles. The van der Waals surface area contributed by atoms with E-state index in [1.165, 1.54) is 18.8 Å². The molecular weight excluding hydrogens is 308 g/mol. The number of aryl methyl sites for hydroxylation is 1. The van der Waals surface area contributed by atoms with E-state index < -0.39 is 0 Å². The number of hydrogen-bond acceptors (Lipinski definition) is 5. The molecule has 0 spiro atoms. The molecule has 0 unspecified atom stereocenters. The first-order chi connectivity index (χ1) is 11.6. The summed E-state index contributed by atoms with van der Waals surface area (Å²) in [4.78, 5) is 27.5. The van der Waals surface area contributed by atoms with Crippen molar-refractivity contribution in [2.75, 3.05) is 14.2 Å². The first-order valence-corrected chi connectivity index (χ1v) is 7.25. The first kappa shape index (κ1) is 15.7. The fourth-order valence-electron chi connectivity index (χ4n) is 2.78. The van der Waals surface area contributed by atoms with Gasteiger partial charge in [0.25, 0.3) is 5.56 Å². The number of aldehydes is 1. The van der Waals surface area contributed by atoms with Gasteiger partial charge in [0.2, 0.25) is 0 Å². The van der Waals surface area contributed by atoms with Gasteiger partial charge < -0.3 is 14.0 Å². The van der Waals surface area contributed by atoms with Crippen LogP contribution < -0.4 is 15.0 Å². The van der Waals surface area contributed by atoms with Crippen LogP contribution in [0.4, 0.5) is 0 Å². The van der Waals surface area contributed by atoms with Crippen LogP contribution in [-0.2, 0) is 7.05 Å². The van der Waals surface area contributed by atoms with Crippen LogP contribution in [0.1, 0.15) is 10.4 Å². The molecule has 122 valence electrons. The third kappa shape index (κ3) is 2.42. The Morgan fingerprint density at radius 3 is 2.38 bits per heavy atom. The molecule has 0 bridgehead atoms. The Bertz CT molecular complexity index is 967. The molecule has 0 aliphatic carbocycles. The molecule has 24 heavy (non-hydrogen) atoms. The van der Waals surface area contributed by atoms with E-state index in [2.05, 4.69) is 4.98 Å². The van der Waals surface area contributed by atoms with E-state index in [-0.39, 0.29) is 5.56 Å². The highest BCUT2D eigenvalue weighted by molar-refractivity contribution is 5.99. The molecule has 0 fully saturated rings. The number of fused-ring (bicyclic) bond motifs is 1. The average Bonchev–Trinajstić information content (AvgIpc) is 2.63. The van der Waals surface area contributed by atoms with Gasteiger partial charge in [0, 0.05) is 36.8 Å². The highest BCUT2D eigenvalue weighted by atomic mass is 16.5. The standard InChI is InChI=1S/C18H16N2O4/c1-20-9-14(12-4-5-19-8-13(12)18(20)22)17-15(23-2)6-11(10-21)7-16(17)24-3/h4-10H,1-3H3. The van der Waals surface area contributed by atoms with Crippen molar-refractivity contribution in [3.05, 3.63) is 52.7 Å². The van der Waals surface area contributed by atoms with Gasteiger partial charge in [0.05, 0.1) is 25.2 Å². The van der Waals surface area contributed by atoms with Crippen molar-refractivity contribution in [3.8, 4) is 22.6 Å². The second-order valence-corrected chi connectivity index (χ2v) is 5.30. The van der Waals surface area contributed by atoms with E-state index in [4.69, 9.17) is 9.47 Å². The normalized spacial score (nSPS) is 10.6. The minimum atomic E-state index is -0.135. The zero-order valence-corrected chi connectivity index (χ0v) is 13.6. The van der Waals surface area contributed by atoms with Crippen molar-refractivity contribution in [1.29, 1.82) is 0 Å². The summed E-state index contributed by atoms with van der Waals surface area (Å²) >= 11 is 0. The largest absolute Gasteiger partial charge is 0.496 e. The molecule has 0 aliphatic heterocycles. The van der Waals surface area contributed by atoms with Crippen LogP contribution in [0.2, 0.25) is 0 Å². The molecule has 0 atom stereocenters. The van der Waals surface area contributed by atoms with Crippen LogP contribution in [0.3, 0.4) is 0 Å². The Morgan fingerprint density at radius 2 is 1.79 bits per heavy atom. The van der Waals surface area contributed by atoms with Crippen LogP contribution in [0, 0.1) is 0 Å². The molecule has 0 N–H and O–H groups in total. The van der Waals surface area contributed by atoms with E-state index in [1.54, 1.807) is 43.8 Å². The van der Waals surface area contributed by atoms with Gasteiger partial charge in [-0.1, -0.05) is 0 Å². The number of aromatic nitrogens is 2. The molecule has 0 radical (unpaired) electrons. The highest BCUT2D eigenvalue weighted by Crippen LogP contribution is 2.41. The van der Waals surface area contributed by atoms with Gasteiger partial charge in [-0.2, -0.15) is 0 Å². The van der Waals surface area contributed by atoms with Gasteiger partial charge in [-0.05, 0) is 23.6 Å². The van der Waals surface area contributed by atoms with Crippen LogP contribution in [0.25, 0.3) is 21.9 Å². The Kier molecular flexibility index (Phi) is 4.04. The van der Waals surface area contributed by atoms with Gasteiger partial charge >= 0.3 is 0 Å². The summed E-state index contributed by atoms with van der Waals surface area (Å²) in [7, 11) is 4.73. The second-order valence-electron chi connectivity index (χ2n) is 5.30. The molecule has 3 rings (SSSR count). The number of methoxy groups -OCH3 is 2. The molecule has 3 aromatic rings. The maximum atomic E-state index is 12.3. The van der Waals surface area contributed by atoms with Gasteiger partial charge in [0.15, 0.2) is 0 Å². The summed E-state index contributed by atoms with van der Waals surface area (Å²) in [5.74, 6) is 0.987. The lowest BCUT2D eigenvalue weighted by Crippen LogP contribution is -2.17. The number of nitrogens with zero attached hydrogens (tertiary/aromatic N) is 2. The summed E-state index contributed by atoms with van der Waals surface area (Å²) in [6.45, 7) is 0. The SMILES string of the molecule is COc1cc(C=O)cc(OC)c1-c1cn(C)c(=O)c2cnccc12. The smallest absolute Gasteiger partial charge is 0.259 e. The summed E-state index contributed by atoms with van der Waals surface area (Å²) < 4.78 is 12.4. The van der Waals surface area contributed by atoms with Crippen LogP contribution in [0.5, 0.6) is 11.5 Å². The quantitative estimate of drug-likeness (QED) is 0.689. The fraction of sp³-hybridized carbons (Fsp3) is 0.167. The topological polar surface area (TPSA) is 70.4 Å². The van der Waals surface area contributed by atoms with Gasteiger partial charge in [0.1, 0.15) is 17.8 Å². The molecular formula is C18H16N2O4. The molecule has 6 heteroatoms. The number of carbonyl (C=O) groups excluding carboxylic acids is 1. The van der Waals surface area contributed by atoms with Crippen molar-refractivity contribution in [3.63, 3.8) is 0 Å². The third-order valence-electron chi connectivity index (χ3n) is 3.92. The van der Waals surface area contributed by atoms with Crippen molar-refractivity contribution < 1.29 is 14.3 Å². The summed E-state index contributed by atoms with van der Waals surface area (Å²) in [5, 5.41) is 1.24. The molecule has 1 aromatic carbocycles. The highest BCUT2D eigenvalue weighted by Gasteiger charge is 2.18. The second kappa shape index (κ2) is 6.16. The lowest BCUT2D eigenvalue weighted by molar-refractivity contribution is 0.112. The van der Waals surface area contributed by atoms with Crippen molar-refractivity contribution in [1.82, 2.24) is 9.55 Å². The zero-order chi connectivity index (χ0) is 17.3. The number of benzene rings is 1. The zero-order valence-electron chi connectivity index (χ0n) is 13.6. The van der Waals surface area contributed by atoms with Crippen LogP contribution in [-0.4, -0.2) is 30.1 Å². The number of ether oxygens (including phenoxy) is 2. The van der Waals surface area contributed by atoms with E-state index in [0.717, 1.165) is 17.2 Å². The van der Waals surface area contributed by atoms with Crippen LogP contribution in [0.15, 0.2) is 41.6 Å². The van der Waals surface area contributed by atoms with Crippen molar-refractivity contribution in [2.24, 2.45) is 7.05 Å². The maximum absolute atomic E-state index is 12.3. The number of pyridine rings is 2. The third-order valence-corrected chi connectivity index (χ3v) is 3.92. The minimum absolute atomic E-state index is 0.135. The average molecular weight is 324 g/mol. The molecule has 0 amide bonds. The number of rotatable bonds is 4. The Hall–Kier alpha value is -3.15. The lowest BCUT2D eigenvalue weighted by Gasteiger charge is -2.16. The number of hydrogen-bond donors (Lipinski definition) is 0. The predicted molar refractivity (Wildman–Crippen MR) is 90.9 cm³/mol. The molecule has 2 heterocycles. The van der Waals surface area contributed by atoms with Crippen molar-refractivity contribution >= 4 is 17.1 Å². The van der Waals surface area contributed by atoms with E-state index in [9.17, 15) is 9.59 Å². The summed E-state index contributed by atoms with van der Waals surface area (Å²) in [6, 6.07) is 5.06. The van der Waals surface area contributed by atoms with Gasteiger partial charge in [-0.25, -0.2) is 0 Å². The molecule has 6 nitrogen and oxygen atoms in total. The minimum Gasteiger partial charge on any atom is -0.496 e. The molecule has 0 saturated carbocycles. The van der Waals surface area contributed by atoms with E-state index in [0.29, 0.717) is 28.0 Å². The van der Waals surface area contributed by atoms with Crippen LogP contribution >= 0.6 is 0 Å². The fourth-order valence-corrected chi connectivity index (χ4v) is 2.78. The molecule has 2 aromatic heterocycles. The lowest BCUT2D eigenvalue weighted by atomic mass is 9.98. The van der Waals surface area contributed by atoms with E-state index in [1.807, 2.05) is 0 Å². The first-order valence-electron chi connectivity index (χ1n) is 7.25. The van der Waals surface area contributed by atoms with E-state index >= 15 is 0 Å². The number of carbonyl (C=O) groups is 1. The maximum Gasteiger partial charge on any atom is 0.259 e. The Labute approximate surface area is 138 Å². The van der Waals surface area contributed by atoms with Crippen molar-refractivity contribution in [2.45, 2.75) is 0 Å². The predicted octanol–water partition coefficient (Wildman–Crippen LogP) is 2.43. The van der Waals surface area contributed by atoms with Gasteiger partial charge in [-0.3, -0.25) is 14.6 Å². The molecule has 0 aliphatic rings. The Balaban J connectivity index is 2.46.